The second kappa shape index (κ2) is 5.96. The summed E-state index contributed by atoms with van der Waals surface area (Å²) in [6.07, 6.45) is 7.67. The molecular formula is C13H22N4. The highest BCUT2D eigenvalue weighted by Crippen LogP contribution is 2.21. The van der Waals surface area contributed by atoms with Gasteiger partial charge in [-0.15, -0.1) is 0 Å². The van der Waals surface area contributed by atoms with Gasteiger partial charge >= 0.3 is 0 Å². The minimum Gasteiger partial charge on any atom is -0.353 e. The van der Waals surface area contributed by atoms with Gasteiger partial charge in [0.05, 0.1) is 18.1 Å². The number of aromatic nitrogens is 2. The Bertz CT molecular complexity index is 336. The van der Waals surface area contributed by atoms with Gasteiger partial charge in [0.15, 0.2) is 0 Å². The summed E-state index contributed by atoms with van der Waals surface area (Å²) in [6, 6.07) is 0.595. The molecule has 4 heteroatoms. The van der Waals surface area contributed by atoms with Crippen LogP contribution in [-0.2, 0) is 6.54 Å². The molecule has 0 saturated carbocycles. The van der Waals surface area contributed by atoms with Gasteiger partial charge in [-0.3, -0.25) is 4.98 Å². The fourth-order valence-corrected chi connectivity index (χ4v) is 2.28. The Kier molecular flexibility index (Phi) is 4.31. The largest absolute Gasteiger partial charge is 0.353 e. The normalized spacial score (nSPS) is 20.6. The van der Waals surface area contributed by atoms with Gasteiger partial charge in [-0.25, -0.2) is 4.98 Å². The van der Waals surface area contributed by atoms with Crippen molar-refractivity contribution in [2.24, 2.45) is 0 Å². The molecule has 2 rings (SSSR count). The van der Waals surface area contributed by atoms with E-state index in [9.17, 15) is 0 Å². The summed E-state index contributed by atoms with van der Waals surface area (Å²) < 4.78 is 0. The zero-order chi connectivity index (χ0) is 12.1. The van der Waals surface area contributed by atoms with E-state index in [1.165, 1.54) is 19.3 Å². The maximum absolute atomic E-state index is 4.53. The standard InChI is InChI=1S/C13H22N4/c1-3-14-8-12-9-16-13(10-15-12)17-7-5-4-6-11(17)2/h9-11,14H,3-8H2,1-2H3. The van der Waals surface area contributed by atoms with Crippen molar-refractivity contribution in [1.82, 2.24) is 15.3 Å². The average Bonchev–Trinajstić information content (AvgIpc) is 2.38. The molecule has 1 fully saturated rings. The first-order valence-corrected chi connectivity index (χ1v) is 6.59. The molecule has 94 valence electrons. The third-order valence-electron chi connectivity index (χ3n) is 3.35. The van der Waals surface area contributed by atoms with Gasteiger partial charge in [-0.05, 0) is 32.7 Å². The van der Waals surface area contributed by atoms with Crippen molar-refractivity contribution in [1.29, 1.82) is 0 Å². The van der Waals surface area contributed by atoms with Crippen LogP contribution in [0.1, 0.15) is 38.8 Å². The molecular weight excluding hydrogens is 212 g/mol. The molecule has 0 radical (unpaired) electrons. The van der Waals surface area contributed by atoms with Crippen molar-refractivity contribution < 1.29 is 0 Å². The van der Waals surface area contributed by atoms with Gasteiger partial charge < -0.3 is 10.2 Å². The van der Waals surface area contributed by atoms with E-state index in [0.717, 1.165) is 31.1 Å². The number of piperidine rings is 1. The SMILES string of the molecule is CCNCc1cnc(N2CCCCC2C)cn1. The maximum Gasteiger partial charge on any atom is 0.147 e. The first kappa shape index (κ1) is 12.3. The van der Waals surface area contributed by atoms with Gasteiger partial charge in [-0.1, -0.05) is 6.92 Å². The van der Waals surface area contributed by atoms with Crippen molar-refractivity contribution in [3.63, 3.8) is 0 Å². The van der Waals surface area contributed by atoms with Crippen molar-refractivity contribution in [2.75, 3.05) is 18.0 Å². The van der Waals surface area contributed by atoms with Gasteiger partial charge in [0, 0.05) is 19.1 Å². The molecule has 0 bridgehead atoms. The third-order valence-corrected chi connectivity index (χ3v) is 3.35. The Morgan fingerprint density at radius 2 is 2.24 bits per heavy atom. The number of nitrogens with zero attached hydrogens (tertiary/aromatic N) is 3. The zero-order valence-corrected chi connectivity index (χ0v) is 10.8. The van der Waals surface area contributed by atoms with Crippen molar-refractivity contribution in [3.05, 3.63) is 18.1 Å². The van der Waals surface area contributed by atoms with Crippen LogP contribution >= 0.6 is 0 Å². The Morgan fingerprint density at radius 3 is 2.88 bits per heavy atom. The van der Waals surface area contributed by atoms with E-state index in [4.69, 9.17) is 0 Å². The molecule has 1 atom stereocenters. The lowest BCUT2D eigenvalue weighted by molar-refractivity contribution is 0.480. The summed E-state index contributed by atoms with van der Waals surface area (Å²) >= 11 is 0. The molecule has 1 unspecified atom stereocenters. The maximum atomic E-state index is 4.53. The lowest BCUT2D eigenvalue weighted by Gasteiger charge is -2.34. The van der Waals surface area contributed by atoms with Crippen molar-refractivity contribution in [2.45, 2.75) is 45.7 Å². The molecule has 1 aliphatic rings. The third kappa shape index (κ3) is 3.16. The Balaban J connectivity index is 2.01. The van der Waals surface area contributed by atoms with E-state index in [1.807, 2.05) is 12.4 Å². The first-order valence-electron chi connectivity index (χ1n) is 6.59. The van der Waals surface area contributed by atoms with Crippen LogP contribution in [0.15, 0.2) is 12.4 Å². The summed E-state index contributed by atoms with van der Waals surface area (Å²) in [6.45, 7) is 7.25. The predicted molar refractivity (Wildman–Crippen MR) is 70.1 cm³/mol. The van der Waals surface area contributed by atoms with E-state index in [0.29, 0.717) is 6.04 Å². The minimum atomic E-state index is 0.595. The summed E-state index contributed by atoms with van der Waals surface area (Å²) in [5.74, 6) is 1.03. The number of anilines is 1. The van der Waals surface area contributed by atoms with Crippen LogP contribution in [-0.4, -0.2) is 29.1 Å². The van der Waals surface area contributed by atoms with Crippen LogP contribution < -0.4 is 10.2 Å². The van der Waals surface area contributed by atoms with Crippen LogP contribution in [0, 0.1) is 0 Å². The second-order valence-electron chi connectivity index (χ2n) is 4.68. The lowest BCUT2D eigenvalue weighted by Crippen LogP contribution is -2.38. The summed E-state index contributed by atoms with van der Waals surface area (Å²) in [5.41, 5.74) is 1.01. The molecule has 2 heterocycles. The number of rotatable bonds is 4. The molecule has 1 N–H and O–H groups in total. The van der Waals surface area contributed by atoms with Crippen LogP contribution in [0.2, 0.25) is 0 Å². The monoisotopic (exact) mass is 234 g/mol. The summed E-state index contributed by atoms with van der Waals surface area (Å²) in [7, 11) is 0. The highest BCUT2D eigenvalue weighted by Gasteiger charge is 2.19. The average molecular weight is 234 g/mol. The topological polar surface area (TPSA) is 41.1 Å². The van der Waals surface area contributed by atoms with E-state index in [2.05, 4.69) is 34.0 Å². The first-order chi connectivity index (χ1) is 8.31. The Hall–Kier alpha value is -1.16. The van der Waals surface area contributed by atoms with Gasteiger partial charge in [0.2, 0.25) is 0 Å². The molecule has 1 aliphatic heterocycles. The highest BCUT2D eigenvalue weighted by atomic mass is 15.2. The number of nitrogens with one attached hydrogen (secondary N) is 1. The summed E-state index contributed by atoms with van der Waals surface area (Å²) in [4.78, 5) is 11.4. The lowest BCUT2D eigenvalue weighted by atomic mass is 10.0. The summed E-state index contributed by atoms with van der Waals surface area (Å²) in [5, 5.41) is 3.26. The van der Waals surface area contributed by atoms with Crippen LogP contribution in [0.25, 0.3) is 0 Å². The van der Waals surface area contributed by atoms with Crippen molar-refractivity contribution in [3.8, 4) is 0 Å². The molecule has 0 aliphatic carbocycles. The molecule has 1 saturated heterocycles. The predicted octanol–water partition coefficient (Wildman–Crippen LogP) is 1.96. The molecule has 1 aromatic heterocycles. The minimum absolute atomic E-state index is 0.595. The second-order valence-corrected chi connectivity index (χ2v) is 4.68. The molecule has 4 nitrogen and oxygen atoms in total. The van der Waals surface area contributed by atoms with Crippen molar-refractivity contribution >= 4 is 5.82 Å². The molecule has 0 aromatic carbocycles. The van der Waals surface area contributed by atoms with Gasteiger partial charge in [0.25, 0.3) is 0 Å². The highest BCUT2D eigenvalue weighted by molar-refractivity contribution is 5.37. The molecule has 0 spiro atoms. The van der Waals surface area contributed by atoms with Crippen LogP contribution in [0.5, 0.6) is 0 Å². The van der Waals surface area contributed by atoms with E-state index < -0.39 is 0 Å². The fraction of sp³-hybridized carbons (Fsp3) is 0.692. The van der Waals surface area contributed by atoms with Gasteiger partial charge in [0.1, 0.15) is 5.82 Å². The van der Waals surface area contributed by atoms with E-state index >= 15 is 0 Å². The number of hydrogen-bond donors (Lipinski definition) is 1. The smallest absolute Gasteiger partial charge is 0.147 e. The zero-order valence-electron chi connectivity index (χ0n) is 10.8. The Labute approximate surface area is 103 Å². The quantitative estimate of drug-likeness (QED) is 0.864. The molecule has 0 amide bonds. The van der Waals surface area contributed by atoms with Crippen LogP contribution in [0.3, 0.4) is 0 Å². The van der Waals surface area contributed by atoms with Gasteiger partial charge in [-0.2, -0.15) is 0 Å². The molecule has 1 aromatic rings. The Morgan fingerprint density at radius 1 is 1.35 bits per heavy atom. The van der Waals surface area contributed by atoms with E-state index in [1.54, 1.807) is 0 Å². The van der Waals surface area contributed by atoms with E-state index in [-0.39, 0.29) is 0 Å². The molecule has 17 heavy (non-hydrogen) atoms. The fourth-order valence-electron chi connectivity index (χ4n) is 2.28. The number of hydrogen-bond acceptors (Lipinski definition) is 4. The van der Waals surface area contributed by atoms with Crippen LogP contribution in [0.4, 0.5) is 5.82 Å².